The highest BCUT2D eigenvalue weighted by molar-refractivity contribution is 5.90. The molecule has 0 aliphatic carbocycles. The zero-order valence-electron chi connectivity index (χ0n) is 18.4. The predicted molar refractivity (Wildman–Crippen MR) is 123 cm³/mol. The van der Waals surface area contributed by atoms with Crippen LogP contribution in [0.15, 0.2) is 36.4 Å². The van der Waals surface area contributed by atoms with Gasteiger partial charge in [-0.3, -0.25) is 0 Å². The lowest BCUT2D eigenvalue weighted by molar-refractivity contribution is 0.0973. The number of anilines is 2. The van der Waals surface area contributed by atoms with E-state index < -0.39 is 0 Å². The Hall–Kier alpha value is -2.77. The van der Waals surface area contributed by atoms with Crippen LogP contribution in [-0.2, 0) is 9.47 Å². The molecule has 4 heterocycles. The average Bonchev–Trinajstić information content (AvgIpc) is 2.79. The monoisotopic (exact) mass is 419 g/mol. The standard InChI is InChI=1S/C24H29N5O2/c1-16-4-6-19(7-5-16)21-9-8-20-22(25-21)26-24(29-11-13-31-15-18(29)3)27-23(20)28-10-12-30-14-17(28)2/h4-9,17-18H,10-15H2,1-3H3/t17-,18-/m0/s1. The highest BCUT2D eigenvalue weighted by Crippen LogP contribution is 2.31. The summed E-state index contributed by atoms with van der Waals surface area (Å²) >= 11 is 0. The van der Waals surface area contributed by atoms with Gasteiger partial charge in [0.1, 0.15) is 5.82 Å². The Labute approximate surface area is 183 Å². The van der Waals surface area contributed by atoms with Gasteiger partial charge in [-0.1, -0.05) is 29.8 Å². The van der Waals surface area contributed by atoms with E-state index in [4.69, 9.17) is 24.4 Å². The van der Waals surface area contributed by atoms with Crippen molar-refractivity contribution in [3.05, 3.63) is 42.0 Å². The van der Waals surface area contributed by atoms with Crippen LogP contribution in [0.4, 0.5) is 11.8 Å². The largest absolute Gasteiger partial charge is 0.377 e. The number of morpholine rings is 2. The van der Waals surface area contributed by atoms with Crippen molar-refractivity contribution in [1.82, 2.24) is 15.0 Å². The first-order chi connectivity index (χ1) is 15.1. The first-order valence-corrected chi connectivity index (χ1v) is 11.0. The number of fused-ring (bicyclic) bond motifs is 1. The molecule has 0 amide bonds. The van der Waals surface area contributed by atoms with E-state index in [9.17, 15) is 0 Å². The van der Waals surface area contributed by atoms with Crippen LogP contribution in [0.25, 0.3) is 22.3 Å². The molecule has 2 aliphatic rings. The molecule has 0 bridgehead atoms. The normalized spacial score (nSPS) is 22.2. The quantitative estimate of drug-likeness (QED) is 0.644. The van der Waals surface area contributed by atoms with Crippen molar-refractivity contribution in [2.45, 2.75) is 32.9 Å². The summed E-state index contributed by atoms with van der Waals surface area (Å²) in [6, 6.07) is 13.1. The lowest BCUT2D eigenvalue weighted by Gasteiger charge is -2.37. The average molecular weight is 420 g/mol. The van der Waals surface area contributed by atoms with Crippen LogP contribution in [0.1, 0.15) is 19.4 Å². The maximum Gasteiger partial charge on any atom is 0.229 e. The van der Waals surface area contributed by atoms with Gasteiger partial charge in [-0.15, -0.1) is 0 Å². The topological polar surface area (TPSA) is 63.6 Å². The minimum atomic E-state index is 0.224. The lowest BCUT2D eigenvalue weighted by Crippen LogP contribution is -2.46. The Morgan fingerprint density at radius 1 is 0.806 bits per heavy atom. The van der Waals surface area contributed by atoms with E-state index in [1.54, 1.807) is 0 Å². The number of hydrogen-bond acceptors (Lipinski definition) is 7. The van der Waals surface area contributed by atoms with Gasteiger partial charge in [-0.2, -0.15) is 9.97 Å². The molecule has 0 N–H and O–H groups in total. The molecule has 0 radical (unpaired) electrons. The SMILES string of the molecule is Cc1ccc(-c2ccc3c(N4CCOC[C@@H]4C)nc(N4CCOC[C@@H]4C)nc3n2)cc1. The number of aryl methyl sites for hydroxylation is 1. The van der Waals surface area contributed by atoms with Gasteiger partial charge in [-0.25, -0.2) is 4.98 Å². The van der Waals surface area contributed by atoms with Crippen molar-refractivity contribution in [3.63, 3.8) is 0 Å². The summed E-state index contributed by atoms with van der Waals surface area (Å²) in [5, 5.41) is 0.981. The van der Waals surface area contributed by atoms with Crippen molar-refractivity contribution in [2.75, 3.05) is 49.3 Å². The minimum Gasteiger partial charge on any atom is -0.377 e. The summed E-state index contributed by atoms with van der Waals surface area (Å²) in [5.74, 6) is 1.67. The van der Waals surface area contributed by atoms with Crippen molar-refractivity contribution in [1.29, 1.82) is 0 Å². The molecule has 0 saturated carbocycles. The van der Waals surface area contributed by atoms with Gasteiger partial charge in [0, 0.05) is 18.7 Å². The molecule has 1 aromatic carbocycles. The second-order valence-electron chi connectivity index (χ2n) is 8.52. The number of benzene rings is 1. The van der Waals surface area contributed by atoms with Crippen LogP contribution < -0.4 is 9.80 Å². The number of ether oxygens (including phenoxy) is 2. The number of hydrogen-bond donors (Lipinski definition) is 0. The third-order valence-corrected chi connectivity index (χ3v) is 6.14. The Morgan fingerprint density at radius 2 is 1.48 bits per heavy atom. The van der Waals surface area contributed by atoms with E-state index in [-0.39, 0.29) is 12.1 Å². The zero-order valence-corrected chi connectivity index (χ0v) is 18.4. The Kier molecular flexibility index (Phi) is 5.46. The van der Waals surface area contributed by atoms with Crippen LogP contribution in [0, 0.1) is 6.92 Å². The summed E-state index contributed by atoms with van der Waals surface area (Å²) in [6.07, 6.45) is 0. The van der Waals surface area contributed by atoms with Crippen molar-refractivity contribution >= 4 is 22.8 Å². The van der Waals surface area contributed by atoms with Gasteiger partial charge < -0.3 is 19.3 Å². The van der Waals surface area contributed by atoms with Gasteiger partial charge in [0.05, 0.1) is 49.6 Å². The summed E-state index contributed by atoms with van der Waals surface area (Å²) in [6.45, 7) is 10.8. The highest BCUT2D eigenvalue weighted by Gasteiger charge is 2.27. The summed E-state index contributed by atoms with van der Waals surface area (Å²) < 4.78 is 11.3. The highest BCUT2D eigenvalue weighted by atomic mass is 16.5. The molecule has 2 fully saturated rings. The Morgan fingerprint density at radius 3 is 2.16 bits per heavy atom. The molecule has 2 atom stereocenters. The third-order valence-electron chi connectivity index (χ3n) is 6.14. The van der Waals surface area contributed by atoms with Gasteiger partial charge >= 0.3 is 0 Å². The molecule has 2 aliphatic heterocycles. The van der Waals surface area contributed by atoms with E-state index in [1.165, 1.54) is 5.56 Å². The number of rotatable bonds is 3. The first-order valence-electron chi connectivity index (χ1n) is 11.0. The summed E-state index contributed by atoms with van der Waals surface area (Å²) in [5.41, 5.74) is 3.98. The van der Waals surface area contributed by atoms with E-state index in [0.717, 1.165) is 47.1 Å². The maximum atomic E-state index is 5.67. The van der Waals surface area contributed by atoms with E-state index in [2.05, 4.69) is 67.0 Å². The molecule has 31 heavy (non-hydrogen) atoms. The fraction of sp³-hybridized carbons (Fsp3) is 0.458. The van der Waals surface area contributed by atoms with Gasteiger partial charge in [0.15, 0.2) is 5.65 Å². The fourth-order valence-electron chi connectivity index (χ4n) is 4.28. The summed E-state index contributed by atoms with van der Waals surface area (Å²) in [7, 11) is 0. The molecule has 5 rings (SSSR count). The van der Waals surface area contributed by atoms with Crippen molar-refractivity contribution < 1.29 is 9.47 Å². The van der Waals surface area contributed by atoms with Crippen LogP contribution in [0.2, 0.25) is 0 Å². The molecule has 3 aromatic rings. The van der Waals surface area contributed by atoms with Gasteiger partial charge in [0.2, 0.25) is 5.95 Å². The first kappa shape index (κ1) is 20.2. The zero-order chi connectivity index (χ0) is 21.4. The van der Waals surface area contributed by atoms with Crippen LogP contribution in [0.3, 0.4) is 0 Å². The molecule has 7 nitrogen and oxygen atoms in total. The number of pyridine rings is 1. The molecule has 0 unspecified atom stereocenters. The van der Waals surface area contributed by atoms with Crippen LogP contribution in [0.5, 0.6) is 0 Å². The molecule has 7 heteroatoms. The lowest BCUT2D eigenvalue weighted by atomic mass is 10.1. The van der Waals surface area contributed by atoms with Gasteiger partial charge in [0.25, 0.3) is 0 Å². The van der Waals surface area contributed by atoms with E-state index >= 15 is 0 Å². The van der Waals surface area contributed by atoms with E-state index in [1.807, 2.05) is 0 Å². The molecular weight excluding hydrogens is 390 g/mol. The molecular formula is C24H29N5O2. The Balaban J connectivity index is 1.65. The minimum absolute atomic E-state index is 0.224. The predicted octanol–water partition coefficient (Wildman–Crippen LogP) is 3.45. The van der Waals surface area contributed by atoms with Crippen LogP contribution >= 0.6 is 0 Å². The molecule has 2 saturated heterocycles. The number of aromatic nitrogens is 3. The fourth-order valence-corrected chi connectivity index (χ4v) is 4.28. The second kappa shape index (κ2) is 8.40. The van der Waals surface area contributed by atoms with E-state index in [0.29, 0.717) is 26.4 Å². The molecule has 0 spiro atoms. The molecule has 2 aromatic heterocycles. The third kappa shape index (κ3) is 3.95. The summed E-state index contributed by atoms with van der Waals surface area (Å²) in [4.78, 5) is 19.5. The maximum absolute atomic E-state index is 5.67. The molecule has 162 valence electrons. The smallest absolute Gasteiger partial charge is 0.229 e. The van der Waals surface area contributed by atoms with Crippen LogP contribution in [-0.4, -0.2) is 66.6 Å². The van der Waals surface area contributed by atoms with Gasteiger partial charge in [-0.05, 0) is 32.9 Å². The van der Waals surface area contributed by atoms with Crippen molar-refractivity contribution in [3.8, 4) is 11.3 Å². The number of nitrogens with zero attached hydrogens (tertiary/aromatic N) is 5. The Bertz CT molecular complexity index is 1070. The van der Waals surface area contributed by atoms with Crippen molar-refractivity contribution in [2.24, 2.45) is 0 Å². The second-order valence-corrected chi connectivity index (χ2v) is 8.52.